The van der Waals surface area contributed by atoms with Crippen LogP contribution in [0, 0.1) is 0 Å². The van der Waals surface area contributed by atoms with Gasteiger partial charge in [-0.3, -0.25) is 0 Å². The normalized spacial score (nSPS) is 13.6. The van der Waals surface area contributed by atoms with E-state index in [0.717, 1.165) is 5.56 Å². The van der Waals surface area contributed by atoms with Gasteiger partial charge in [-0.15, -0.1) is 0 Å². The van der Waals surface area contributed by atoms with E-state index in [1.165, 1.54) is 12.1 Å². The second-order valence-corrected chi connectivity index (χ2v) is 13.2. The quantitative estimate of drug-likeness (QED) is 0.462. The first-order chi connectivity index (χ1) is 9.18. The molecule has 22 heavy (non-hydrogen) atoms. The minimum atomic E-state index is -4.44. The third kappa shape index (κ3) is 4.93. The standard InChI is InChI=1S/C15H25O4PS.Na/c1-14(2,3)20(16,15(4,5)6)11-12-7-9-13(10-8-12)21(17,18)19;/h7-10H,11H2,1-6H3,(H,17,18,19);/q;+1/p-1. The first kappa shape index (κ1) is 22.4. The average Bonchev–Trinajstić information content (AvgIpc) is 2.25. The van der Waals surface area contributed by atoms with Crippen LogP contribution in [0.15, 0.2) is 29.2 Å². The minimum Gasteiger partial charge on any atom is -0.744 e. The van der Waals surface area contributed by atoms with E-state index >= 15 is 0 Å². The molecule has 0 saturated carbocycles. The molecule has 7 heteroatoms. The van der Waals surface area contributed by atoms with Crippen LogP contribution >= 0.6 is 7.14 Å². The van der Waals surface area contributed by atoms with E-state index in [1.807, 2.05) is 41.5 Å². The van der Waals surface area contributed by atoms with Crippen molar-refractivity contribution in [1.82, 2.24) is 0 Å². The molecule has 0 atom stereocenters. The Bertz CT molecular complexity index is 634. The predicted molar refractivity (Wildman–Crippen MR) is 85.2 cm³/mol. The number of benzene rings is 1. The SMILES string of the molecule is CC(C)(C)P(=O)(Cc1ccc(S(=O)(=O)[O-])cc1)C(C)(C)C.[Na+]. The van der Waals surface area contributed by atoms with Crippen LogP contribution in [-0.2, 0) is 20.8 Å². The fraction of sp³-hybridized carbons (Fsp3) is 0.600. The Kier molecular flexibility index (Phi) is 7.20. The molecule has 0 fully saturated rings. The zero-order valence-corrected chi connectivity index (χ0v) is 18.2. The van der Waals surface area contributed by atoms with Crippen LogP contribution in [0.4, 0.5) is 0 Å². The van der Waals surface area contributed by atoms with Crippen LogP contribution in [0.1, 0.15) is 47.1 Å². The van der Waals surface area contributed by atoms with Crippen LogP contribution in [-0.4, -0.2) is 23.3 Å². The summed E-state index contributed by atoms with van der Waals surface area (Å²) >= 11 is 0. The maximum Gasteiger partial charge on any atom is 1.00 e. The van der Waals surface area contributed by atoms with Gasteiger partial charge in [0.25, 0.3) is 0 Å². The van der Waals surface area contributed by atoms with Gasteiger partial charge in [-0.1, -0.05) is 53.7 Å². The van der Waals surface area contributed by atoms with Gasteiger partial charge >= 0.3 is 29.6 Å². The molecule has 1 aromatic rings. The van der Waals surface area contributed by atoms with Crippen LogP contribution in [0.25, 0.3) is 0 Å². The van der Waals surface area contributed by atoms with E-state index in [0.29, 0.717) is 6.16 Å². The molecule has 0 N–H and O–H groups in total. The Morgan fingerprint density at radius 2 is 1.32 bits per heavy atom. The topological polar surface area (TPSA) is 74.3 Å². The van der Waals surface area contributed by atoms with Gasteiger partial charge in [0.15, 0.2) is 0 Å². The maximum atomic E-state index is 13.5. The van der Waals surface area contributed by atoms with E-state index in [9.17, 15) is 17.5 Å². The average molecular weight is 354 g/mol. The zero-order chi connectivity index (χ0) is 16.7. The Morgan fingerprint density at radius 3 is 1.59 bits per heavy atom. The molecule has 0 saturated heterocycles. The second kappa shape index (κ2) is 7.08. The molecular formula is C15H24NaO4PS. The van der Waals surface area contributed by atoms with Gasteiger partial charge in [-0.25, -0.2) is 8.42 Å². The summed E-state index contributed by atoms with van der Waals surface area (Å²) in [4.78, 5) is -0.257. The summed E-state index contributed by atoms with van der Waals surface area (Å²) in [5.74, 6) is 0. The number of rotatable bonds is 3. The third-order valence-corrected chi connectivity index (χ3v) is 9.78. The zero-order valence-electron chi connectivity index (χ0n) is 14.5. The van der Waals surface area contributed by atoms with Gasteiger partial charge in [0.05, 0.1) is 4.90 Å². The molecule has 0 unspecified atom stereocenters. The van der Waals surface area contributed by atoms with Crippen LogP contribution < -0.4 is 29.6 Å². The van der Waals surface area contributed by atoms with E-state index in [1.54, 1.807) is 12.1 Å². The molecule has 0 heterocycles. The van der Waals surface area contributed by atoms with Gasteiger partial charge in [-0.2, -0.15) is 0 Å². The van der Waals surface area contributed by atoms with Crippen LogP contribution in [0.2, 0.25) is 0 Å². The Hall–Kier alpha value is 0.360. The molecule has 0 aliphatic heterocycles. The fourth-order valence-corrected chi connectivity index (χ4v) is 6.65. The van der Waals surface area contributed by atoms with Crippen molar-refractivity contribution in [2.45, 2.75) is 62.9 Å². The van der Waals surface area contributed by atoms with Crippen LogP contribution in [0.5, 0.6) is 0 Å². The monoisotopic (exact) mass is 354 g/mol. The molecule has 0 spiro atoms. The molecule has 0 radical (unpaired) electrons. The predicted octanol–water partition coefficient (Wildman–Crippen LogP) is 1.05. The summed E-state index contributed by atoms with van der Waals surface area (Å²) in [7, 11) is -7.03. The fourth-order valence-electron chi connectivity index (χ4n) is 2.50. The van der Waals surface area contributed by atoms with Gasteiger partial charge < -0.3 is 9.12 Å². The Labute approximate surface area is 156 Å². The molecule has 1 rings (SSSR count). The van der Waals surface area contributed by atoms with Crippen molar-refractivity contribution < 1.29 is 47.1 Å². The van der Waals surface area contributed by atoms with Crippen molar-refractivity contribution in [2.75, 3.05) is 0 Å². The van der Waals surface area contributed by atoms with Crippen molar-refractivity contribution in [3.8, 4) is 0 Å². The Balaban J connectivity index is 0.00000441. The van der Waals surface area contributed by atoms with Crippen LogP contribution in [0.3, 0.4) is 0 Å². The molecule has 0 amide bonds. The van der Waals surface area contributed by atoms with E-state index in [-0.39, 0.29) is 44.8 Å². The Morgan fingerprint density at radius 1 is 0.955 bits per heavy atom. The van der Waals surface area contributed by atoms with Crippen molar-refractivity contribution in [1.29, 1.82) is 0 Å². The van der Waals surface area contributed by atoms with Gasteiger partial charge in [0.2, 0.25) is 0 Å². The summed E-state index contributed by atoms with van der Waals surface area (Å²) in [6.45, 7) is 11.8. The smallest absolute Gasteiger partial charge is 0.744 e. The summed E-state index contributed by atoms with van der Waals surface area (Å²) in [6.07, 6.45) is 0.388. The molecular weight excluding hydrogens is 330 g/mol. The van der Waals surface area contributed by atoms with E-state index < -0.39 is 17.3 Å². The maximum absolute atomic E-state index is 13.5. The largest absolute Gasteiger partial charge is 1.00 e. The van der Waals surface area contributed by atoms with E-state index in [2.05, 4.69) is 0 Å². The summed E-state index contributed by atoms with van der Waals surface area (Å²) in [5, 5.41) is -0.705. The molecule has 0 aliphatic carbocycles. The van der Waals surface area contributed by atoms with Crippen molar-refractivity contribution in [3.05, 3.63) is 29.8 Å². The second-order valence-electron chi connectivity index (χ2n) is 7.34. The van der Waals surface area contributed by atoms with E-state index in [4.69, 9.17) is 0 Å². The third-order valence-electron chi connectivity index (χ3n) is 3.78. The molecule has 0 bridgehead atoms. The van der Waals surface area contributed by atoms with Gasteiger partial charge in [0.1, 0.15) is 17.3 Å². The summed E-state index contributed by atoms with van der Waals surface area (Å²) in [6, 6.07) is 5.73. The first-order valence-corrected chi connectivity index (χ1v) is 10.1. The summed E-state index contributed by atoms with van der Waals surface area (Å²) < 4.78 is 46.3. The van der Waals surface area contributed by atoms with Crippen molar-refractivity contribution in [2.24, 2.45) is 0 Å². The van der Waals surface area contributed by atoms with Crippen molar-refractivity contribution >= 4 is 17.3 Å². The molecule has 0 aromatic heterocycles. The van der Waals surface area contributed by atoms with Gasteiger partial charge in [0, 0.05) is 16.5 Å². The molecule has 0 aliphatic rings. The number of hydrogen-bond donors (Lipinski definition) is 0. The molecule has 120 valence electrons. The molecule has 4 nitrogen and oxygen atoms in total. The molecule has 1 aromatic carbocycles. The minimum absolute atomic E-state index is 0. The van der Waals surface area contributed by atoms with Crippen molar-refractivity contribution in [3.63, 3.8) is 0 Å². The number of hydrogen-bond acceptors (Lipinski definition) is 4. The first-order valence-electron chi connectivity index (χ1n) is 6.83. The summed E-state index contributed by atoms with van der Waals surface area (Å²) in [5.41, 5.74) is 0.788. The van der Waals surface area contributed by atoms with Gasteiger partial charge in [-0.05, 0) is 17.7 Å².